The van der Waals surface area contributed by atoms with Crippen molar-refractivity contribution in [3.05, 3.63) is 18.1 Å². The lowest BCUT2D eigenvalue weighted by atomic mass is 9.75. The molecule has 0 aromatic carbocycles. The molecule has 0 amide bonds. The van der Waals surface area contributed by atoms with Gasteiger partial charge in [-0.05, 0) is 31.1 Å². The minimum absolute atomic E-state index is 0.451. The molecule has 0 spiro atoms. The predicted molar refractivity (Wildman–Crippen MR) is 74.4 cm³/mol. The lowest BCUT2D eigenvalue weighted by molar-refractivity contribution is 0.222. The first-order valence-electron chi connectivity index (χ1n) is 6.76. The van der Waals surface area contributed by atoms with Crippen molar-refractivity contribution in [2.45, 2.75) is 52.1 Å². The summed E-state index contributed by atoms with van der Waals surface area (Å²) in [5.74, 6) is 0.947. The average Bonchev–Trinajstić information content (AvgIpc) is 2.38. The second kappa shape index (κ2) is 5.22. The lowest BCUT2D eigenvalue weighted by Crippen LogP contribution is -2.37. The number of nitrogens with two attached hydrogens (primary N) is 1. The fourth-order valence-corrected chi connectivity index (χ4v) is 2.62. The summed E-state index contributed by atoms with van der Waals surface area (Å²) in [5.41, 5.74) is 6.97. The fourth-order valence-electron chi connectivity index (χ4n) is 2.62. The van der Waals surface area contributed by atoms with Gasteiger partial charge in [0.25, 0.3) is 0 Å². The lowest BCUT2D eigenvalue weighted by Gasteiger charge is -2.39. The third kappa shape index (κ3) is 2.99. The molecule has 2 rings (SSSR count). The van der Waals surface area contributed by atoms with E-state index >= 15 is 0 Å². The second-order valence-corrected chi connectivity index (χ2v) is 6.08. The molecular formula is C14H24N4. The van der Waals surface area contributed by atoms with Gasteiger partial charge in [-0.15, -0.1) is 0 Å². The van der Waals surface area contributed by atoms with Crippen molar-refractivity contribution in [3.8, 4) is 0 Å². The number of aromatic nitrogens is 2. The normalized spacial score (nSPS) is 19.8. The van der Waals surface area contributed by atoms with E-state index < -0.39 is 0 Å². The molecule has 4 nitrogen and oxygen atoms in total. The zero-order valence-corrected chi connectivity index (χ0v) is 11.7. The number of hydrogen-bond acceptors (Lipinski definition) is 4. The molecule has 0 aliphatic heterocycles. The van der Waals surface area contributed by atoms with E-state index in [2.05, 4.69) is 35.8 Å². The molecule has 0 radical (unpaired) electrons. The van der Waals surface area contributed by atoms with Crippen LogP contribution in [0.4, 0.5) is 5.82 Å². The average molecular weight is 248 g/mol. The summed E-state index contributed by atoms with van der Waals surface area (Å²) in [4.78, 5) is 11.0. The molecule has 1 fully saturated rings. The standard InChI is InChI=1S/C14H24N4/c1-14(2)6-4-12(5-7-14)18(3)13-10-16-9-11(8-15)17-13/h9-10,12H,4-8,15H2,1-3H3. The van der Waals surface area contributed by atoms with Crippen LogP contribution in [0.3, 0.4) is 0 Å². The second-order valence-electron chi connectivity index (χ2n) is 6.08. The van der Waals surface area contributed by atoms with Gasteiger partial charge in [-0.3, -0.25) is 4.98 Å². The Morgan fingerprint density at radius 3 is 2.61 bits per heavy atom. The highest BCUT2D eigenvalue weighted by Gasteiger charge is 2.29. The summed E-state index contributed by atoms with van der Waals surface area (Å²) in [6.07, 6.45) is 8.61. The zero-order valence-electron chi connectivity index (χ0n) is 11.7. The van der Waals surface area contributed by atoms with Crippen LogP contribution >= 0.6 is 0 Å². The first-order valence-corrected chi connectivity index (χ1v) is 6.76. The SMILES string of the molecule is CN(c1cncc(CN)n1)C1CCC(C)(C)CC1. The van der Waals surface area contributed by atoms with E-state index in [1.807, 2.05) is 6.20 Å². The van der Waals surface area contributed by atoms with Gasteiger partial charge in [0, 0.05) is 25.8 Å². The van der Waals surface area contributed by atoms with Crippen LogP contribution in [-0.4, -0.2) is 23.1 Å². The van der Waals surface area contributed by atoms with E-state index in [9.17, 15) is 0 Å². The molecule has 100 valence electrons. The van der Waals surface area contributed by atoms with Crippen LogP contribution in [0.1, 0.15) is 45.2 Å². The van der Waals surface area contributed by atoms with Gasteiger partial charge in [0.1, 0.15) is 5.82 Å². The first kappa shape index (κ1) is 13.3. The Hall–Kier alpha value is -1.16. The molecule has 0 atom stereocenters. The smallest absolute Gasteiger partial charge is 0.147 e. The van der Waals surface area contributed by atoms with E-state index in [0.29, 0.717) is 18.0 Å². The minimum Gasteiger partial charge on any atom is -0.355 e. The highest BCUT2D eigenvalue weighted by molar-refractivity contribution is 5.36. The minimum atomic E-state index is 0.451. The molecule has 0 bridgehead atoms. The summed E-state index contributed by atoms with van der Waals surface area (Å²) in [6.45, 7) is 5.17. The van der Waals surface area contributed by atoms with Crippen molar-refractivity contribution < 1.29 is 0 Å². The molecule has 1 saturated carbocycles. The summed E-state index contributed by atoms with van der Waals surface area (Å²) in [6, 6.07) is 0.584. The van der Waals surface area contributed by atoms with Gasteiger partial charge >= 0.3 is 0 Å². The van der Waals surface area contributed by atoms with Crippen LogP contribution < -0.4 is 10.6 Å². The third-order valence-electron chi connectivity index (χ3n) is 4.10. The Bertz CT molecular complexity index is 393. The molecule has 4 heteroatoms. The molecule has 1 aliphatic carbocycles. The van der Waals surface area contributed by atoms with E-state index in [-0.39, 0.29) is 0 Å². The molecule has 2 N–H and O–H groups in total. The molecule has 1 aliphatic rings. The number of anilines is 1. The van der Waals surface area contributed by atoms with E-state index in [0.717, 1.165) is 11.5 Å². The quantitative estimate of drug-likeness (QED) is 0.892. The Morgan fingerprint density at radius 2 is 2.00 bits per heavy atom. The van der Waals surface area contributed by atoms with Gasteiger partial charge in [-0.2, -0.15) is 0 Å². The van der Waals surface area contributed by atoms with Gasteiger partial charge in [0.15, 0.2) is 0 Å². The zero-order chi connectivity index (χ0) is 13.2. The van der Waals surface area contributed by atoms with Gasteiger partial charge < -0.3 is 10.6 Å². The Kier molecular flexibility index (Phi) is 3.85. The van der Waals surface area contributed by atoms with Gasteiger partial charge in [0.05, 0.1) is 11.9 Å². The van der Waals surface area contributed by atoms with Crippen molar-refractivity contribution in [3.63, 3.8) is 0 Å². The molecule has 0 unspecified atom stereocenters. The number of rotatable bonds is 3. The first-order chi connectivity index (χ1) is 8.52. The van der Waals surface area contributed by atoms with Crippen molar-refractivity contribution in [2.24, 2.45) is 11.1 Å². The third-order valence-corrected chi connectivity index (χ3v) is 4.10. The molecule has 1 heterocycles. The molecule has 1 aromatic rings. The van der Waals surface area contributed by atoms with Crippen LogP contribution in [-0.2, 0) is 6.54 Å². The van der Waals surface area contributed by atoms with E-state index in [4.69, 9.17) is 5.73 Å². The van der Waals surface area contributed by atoms with E-state index in [1.165, 1.54) is 25.7 Å². The van der Waals surface area contributed by atoms with Crippen LogP contribution in [0.15, 0.2) is 12.4 Å². The number of hydrogen-bond donors (Lipinski definition) is 1. The van der Waals surface area contributed by atoms with Crippen molar-refractivity contribution in [1.82, 2.24) is 9.97 Å². The topological polar surface area (TPSA) is 55.0 Å². The van der Waals surface area contributed by atoms with Crippen molar-refractivity contribution in [2.75, 3.05) is 11.9 Å². The van der Waals surface area contributed by atoms with Crippen LogP contribution in [0.2, 0.25) is 0 Å². The van der Waals surface area contributed by atoms with Crippen molar-refractivity contribution >= 4 is 5.82 Å². The molecule has 18 heavy (non-hydrogen) atoms. The van der Waals surface area contributed by atoms with Gasteiger partial charge in [0.2, 0.25) is 0 Å². The van der Waals surface area contributed by atoms with Crippen LogP contribution in [0.5, 0.6) is 0 Å². The van der Waals surface area contributed by atoms with Gasteiger partial charge in [-0.1, -0.05) is 13.8 Å². The number of nitrogens with zero attached hydrogens (tertiary/aromatic N) is 3. The Labute approximate surface area is 110 Å². The molecular weight excluding hydrogens is 224 g/mol. The molecule has 1 aromatic heterocycles. The summed E-state index contributed by atoms with van der Waals surface area (Å²) < 4.78 is 0. The monoisotopic (exact) mass is 248 g/mol. The summed E-state index contributed by atoms with van der Waals surface area (Å²) >= 11 is 0. The summed E-state index contributed by atoms with van der Waals surface area (Å²) in [7, 11) is 2.12. The maximum atomic E-state index is 5.61. The van der Waals surface area contributed by atoms with E-state index in [1.54, 1.807) is 6.20 Å². The summed E-state index contributed by atoms with van der Waals surface area (Å²) in [5, 5.41) is 0. The van der Waals surface area contributed by atoms with Gasteiger partial charge in [-0.25, -0.2) is 4.98 Å². The highest BCUT2D eigenvalue weighted by Crippen LogP contribution is 2.37. The predicted octanol–water partition coefficient (Wildman–Crippen LogP) is 2.34. The highest BCUT2D eigenvalue weighted by atomic mass is 15.2. The maximum absolute atomic E-state index is 5.61. The largest absolute Gasteiger partial charge is 0.355 e. The maximum Gasteiger partial charge on any atom is 0.147 e. The fraction of sp³-hybridized carbons (Fsp3) is 0.714. The van der Waals surface area contributed by atoms with Crippen molar-refractivity contribution in [1.29, 1.82) is 0 Å². The Balaban J connectivity index is 2.05. The van der Waals surface area contributed by atoms with Crippen LogP contribution in [0, 0.1) is 5.41 Å². The molecule has 0 saturated heterocycles. The van der Waals surface area contributed by atoms with Crippen LogP contribution in [0.25, 0.3) is 0 Å². The Morgan fingerprint density at radius 1 is 1.33 bits per heavy atom.